The van der Waals surface area contributed by atoms with Crippen LogP contribution in [0.3, 0.4) is 0 Å². The summed E-state index contributed by atoms with van der Waals surface area (Å²) < 4.78 is 43.1. The van der Waals surface area contributed by atoms with Crippen LogP contribution in [0, 0.1) is 13.8 Å². The number of nitrogens with zero attached hydrogens (tertiary/aromatic N) is 2. The summed E-state index contributed by atoms with van der Waals surface area (Å²) in [5.41, 5.74) is 1.65. The number of hydrogen-bond acceptors (Lipinski definition) is 7. The first kappa shape index (κ1) is 21.3. The van der Waals surface area contributed by atoms with Crippen LogP contribution in [-0.2, 0) is 26.0 Å². The van der Waals surface area contributed by atoms with Gasteiger partial charge in [0.1, 0.15) is 11.5 Å². The first-order chi connectivity index (χ1) is 13.8. The minimum Gasteiger partial charge on any atom is -0.492 e. The van der Waals surface area contributed by atoms with Crippen LogP contribution in [0.4, 0.5) is 5.69 Å². The molecule has 9 nitrogen and oxygen atoms in total. The fourth-order valence-electron chi connectivity index (χ4n) is 3.09. The van der Waals surface area contributed by atoms with Gasteiger partial charge in [0.15, 0.2) is 0 Å². The molecule has 0 spiro atoms. The molecule has 1 amide bonds. The van der Waals surface area contributed by atoms with Gasteiger partial charge in [0.2, 0.25) is 15.9 Å². The van der Waals surface area contributed by atoms with E-state index in [1.807, 2.05) is 6.92 Å². The molecule has 1 aromatic heterocycles. The number of anilines is 1. The Hall–Kier alpha value is -2.43. The van der Waals surface area contributed by atoms with Gasteiger partial charge in [-0.2, -0.15) is 4.31 Å². The molecule has 10 heteroatoms. The van der Waals surface area contributed by atoms with Crippen LogP contribution < -0.4 is 10.1 Å². The van der Waals surface area contributed by atoms with Gasteiger partial charge < -0.3 is 19.3 Å². The zero-order chi connectivity index (χ0) is 21.0. The molecule has 2 heterocycles. The number of morpholine rings is 1. The Morgan fingerprint density at radius 3 is 2.62 bits per heavy atom. The maximum absolute atomic E-state index is 12.9. The van der Waals surface area contributed by atoms with Gasteiger partial charge in [-0.15, -0.1) is 0 Å². The molecular formula is C19H25N3O6S. The van der Waals surface area contributed by atoms with Crippen molar-refractivity contribution < 1.29 is 27.2 Å². The SMILES string of the molecule is CCOc1ccc(S(=O)(=O)N2CCOCC2)cc1NC(=O)Cc1c(C)noc1C. The van der Waals surface area contributed by atoms with Crippen molar-refractivity contribution >= 4 is 21.6 Å². The fraction of sp³-hybridized carbons (Fsp3) is 0.474. The molecular weight excluding hydrogens is 398 g/mol. The Morgan fingerprint density at radius 1 is 1.28 bits per heavy atom. The van der Waals surface area contributed by atoms with Crippen LogP contribution >= 0.6 is 0 Å². The van der Waals surface area contributed by atoms with Gasteiger partial charge in [0.25, 0.3) is 0 Å². The van der Waals surface area contributed by atoms with Crippen LogP contribution in [0.1, 0.15) is 23.9 Å². The Morgan fingerprint density at radius 2 is 2.00 bits per heavy atom. The molecule has 1 aliphatic heterocycles. The summed E-state index contributed by atoms with van der Waals surface area (Å²) >= 11 is 0. The molecule has 0 radical (unpaired) electrons. The summed E-state index contributed by atoms with van der Waals surface area (Å²) in [6, 6.07) is 4.48. The highest BCUT2D eigenvalue weighted by Crippen LogP contribution is 2.30. The number of amides is 1. The molecule has 29 heavy (non-hydrogen) atoms. The second-order valence-corrected chi connectivity index (χ2v) is 8.57. The normalized spacial score (nSPS) is 15.3. The van der Waals surface area contributed by atoms with E-state index in [1.54, 1.807) is 19.9 Å². The number of carbonyl (C=O) groups is 1. The summed E-state index contributed by atoms with van der Waals surface area (Å²) in [5.74, 6) is 0.660. The van der Waals surface area contributed by atoms with Crippen molar-refractivity contribution in [1.82, 2.24) is 9.46 Å². The van der Waals surface area contributed by atoms with Crippen molar-refractivity contribution in [3.05, 3.63) is 35.2 Å². The van der Waals surface area contributed by atoms with Crippen molar-refractivity contribution in [3.8, 4) is 5.75 Å². The zero-order valence-corrected chi connectivity index (χ0v) is 17.5. The number of aromatic nitrogens is 1. The lowest BCUT2D eigenvalue weighted by atomic mass is 10.1. The Labute approximate surface area is 170 Å². The van der Waals surface area contributed by atoms with Crippen LogP contribution in [0.5, 0.6) is 5.75 Å². The molecule has 1 fully saturated rings. The van der Waals surface area contributed by atoms with E-state index in [0.29, 0.717) is 61.4 Å². The van der Waals surface area contributed by atoms with E-state index in [0.717, 1.165) is 0 Å². The Balaban J connectivity index is 1.86. The van der Waals surface area contributed by atoms with E-state index in [9.17, 15) is 13.2 Å². The summed E-state index contributed by atoms with van der Waals surface area (Å²) in [6.45, 7) is 7.00. The highest BCUT2D eigenvalue weighted by atomic mass is 32.2. The van der Waals surface area contributed by atoms with E-state index < -0.39 is 10.0 Å². The highest BCUT2D eigenvalue weighted by molar-refractivity contribution is 7.89. The molecule has 1 saturated heterocycles. The molecule has 1 aliphatic rings. The van der Waals surface area contributed by atoms with Gasteiger partial charge in [-0.05, 0) is 39.0 Å². The lowest BCUT2D eigenvalue weighted by molar-refractivity contribution is -0.115. The fourth-order valence-corrected chi connectivity index (χ4v) is 4.53. The number of aryl methyl sites for hydroxylation is 2. The Kier molecular flexibility index (Phi) is 6.56. The quantitative estimate of drug-likeness (QED) is 0.724. The third-order valence-electron chi connectivity index (χ3n) is 4.65. The topological polar surface area (TPSA) is 111 Å². The van der Waals surface area contributed by atoms with E-state index in [4.69, 9.17) is 14.0 Å². The minimum atomic E-state index is -3.69. The first-order valence-electron chi connectivity index (χ1n) is 9.39. The first-order valence-corrected chi connectivity index (χ1v) is 10.8. The van der Waals surface area contributed by atoms with Crippen LogP contribution in [0.2, 0.25) is 0 Å². The number of sulfonamides is 1. The number of ether oxygens (including phenoxy) is 2. The van der Waals surface area contributed by atoms with Crippen molar-refractivity contribution in [2.75, 3.05) is 38.2 Å². The molecule has 158 valence electrons. The van der Waals surface area contributed by atoms with Gasteiger partial charge in [0.05, 0.1) is 42.5 Å². The summed E-state index contributed by atoms with van der Waals surface area (Å²) in [7, 11) is -3.69. The molecule has 3 rings (SSSR count). The maximum atomic E-state index is 12.9. The molecule has 0 unspecified atom stereocenters. The number of rotatable bonds is 7. The molecule has 0 saturated carbocycles. The largest absolute Gasteiger partial charge is 0.492 e. The minimum absolute atomic E-state index is 0.0627. The number of benzene rings is 1. The van der Waals surface area contributed by atoms with Crippen LogP contribution in [0.15, 0.2) is 27.6 Å². The average molecular weight is 423 g/mol. The average Bonchev–Trinajstić information content (AvgIpc) is 3.02. The van der Waals surface area contributed by atoms with E-state index >= 15 is 0 Å². The van der Waals surface area contributed by atoms with E-state index in [1.165, 1.54) is 16.4 Å². The lowest BCUT2D eigenvalue weighted by Gasteiger charge is -2.26. The second-order valence-electron chi connectivity index (χ2n) is 6.64. The number of nitrogens with one attached hydrogen (secondary N) is 1. The third-order valence-corrected chi connectivity index (χ3v) is 6.55. The predicted octanol–water partition coefficient (Wildman–Crippen LogP) is 1.89. The number of carbonyl (C=O) groups excluding carboxylic acids is 1. The summed E-state index contributed by atoms with van der Waals surface area (Å²) in [5, 5.41) is 6.61. The van der Waals surface area contributed by atoms with Crippen molar-refractivity contribution in [1.29, 1.82) is 0 Å². The molecule has 1 N–H and O–H groups in total. The van der Waals surface area contributed by atoms with Crippen molar-refractivity contribution in [2.24, 2.45) is 0 Å². The zero-order valence-electron chi connectivity index (χ0n) is 16.7. The standard InChI is InChI=1S/C19H25N3O6S/c1-4-27-18-6-5-15(29(24,25)22-7-9-26-10-8-22)11-17(18)20-19(23)12-16-13(2)21-28-14(16)3/h5-6,11H,4,7-10,12H2,1-3H3,(H,20,23). The summed E-state index contributed by atoms with van der Waals surface area (Å²) in [6.07, 6.45) is 0.0627. The third kappa shape index (κ3) is 4.77. The predicted molar refractivity (Wildman–Crippen MR) is 105 cm³/mol. The van der Waals surface area contributed by atoms with Gasteiger partial charge in [0, 0.05) is 18.7 Å². The Bertz CT molecular complexity index is 960. The summed E-state index contributed by atoms with van der Waals surface area (Å²) in [4.78, 5) is 12.7. The molecule has 0 bridgehead atoms. The molecule has 1 aromatic carbocycles. The van der Waals surface area contributed by atoms with E-state index in [-0.39, 0.29) is 17.2 Å². The highest BCUT2D eigenvalue weighted by Gasteiger charge is 2.27. The van der Waals surface area contributed by atoms with Crippen molar-refractivity contribution in [2.45, 2.75) is 32.1 Å². The molecule has 0 aliphatic carbocycles. The van der Waals surface area contributed by atoms with Gasteiger partial charge in [-0.3, -0.25) is 4.79 Å². The second kappa shape index (κ2) is 8.93. The molecule has 0 atom stereocenters. The lowest BCUT2D eigenvalue weighted by Crippen LogP contribution is -2.40. The maximum Gasteiger partial charge on any atom is 0.243 e. The van der Waals surface area contributed by atoms with Crippen LogP contribution in [-0.4, -0.2) is 56.7 Å². The van der Waals surface area contributed by atoms with Crippen molar-refractivity contribution in [3.63, 3.8) is 0 Å². The van der Waals surface area contributed by atoms with Gasteiger partial charge in [-0.25, -0.2) is 8.42 Å². The van der Waals surface area contributed by atoms with Crippen LogP contribution in [0.25, 0.3) is 0 Å². The number of hydrogen-bond donors (Lipinski definition) is 1. The smallest absolute Gasteiger partial charge is 0.243 e. The van der Waals surface area contributed by atoms with Gasteiger partial charge >= 0.3 is 0 Å². The van der Waals surface area contributed by atoms with Gasteiger partial charge in [-0.1, -0.05) is 5.16 Å². The molecule has 2 aromatic rings. The van der Waals surface area contributed by atoms with E-state index in [2.05, 4.69) is 10.5 Å². The monoisotopic (exact) mass is 423 g/mol.